The van der Waals surface area contributed by atoms with Gasteiger partial charge in [0.15, 0.2) is 9.84 Å². The quantitative estimate of drug-likeness (QED) is 0.445. The van der Waals surface area contributed by atoms with Crippen LogP contribution in [0.3, 0.4) is 0 Å². The molecule has 0 spiro atoms. The van der Waals surface area contributed by atoms with Crippen LogP contribution in [-0.2, 0) is 9.84 Å². The molecule has 0 atom stereocenters. The topological polar surface area (TPSA) is 79.6 Å². The van der Waals surface area contributed by atoms with E-state index in [-0.39, 0.29) is 4.90 Å². The lowest BCUT2D eigenvalue weighted by Gasteiger charge is -2.17. The molecule has 162 valence electrons. The van der Waals surface area contributed by atoms with E-state index in [0.29, 0.717) is 11.5 Å². The van der Waals surface area contributed by atoms with E-state index in [1.165, 1.54) is 18.5 Å². The van der Waals surface area contributed by atoms with Crippen molar-refractivity contribution in [3.8, 4) is 5.69 Å². The van der Waals surface area contributed by atoms with E-state index in [0.717, 1.165) is 18.7 Å². The summed E-state index contributed by atoms with van der Waals surface area (Å²) in [7, 11) is -3.46. The highest BCUT2D eigenvalue weighted by molar-refractivity contribution is 7.92. The third-order valence-corrected chi connectivity index (χ3v) is 7.62. The fraction of sp³-hybridized carbons (Fsp3) is 0.304. The van der Waals surface area contributed by atoms with Crippen molar-refractivity contribution in [1.29, 1.82) is 0 Å². The summed E-state index contributed by atoms with van der Waals surface area (Å²) in [6, 6.07) is 16.9. The van der Waals surface area contributed by atoms with Gasteiger partial charge < -0.3 is 4.90 Å². The van der Waals surface area contributed by atoms with Gasteiger partial charge in [-0.2, -0.15) is 10.2 Å². The van der Waals surface area contributed by atoms with Gasteiger partial charge in [0.25, 0.3) is 0 Å². The van der Waals surface area contributed by atoms with Gasteiger partial charge in [-0.15, -0.1) is 0 Å². The third-order valence-electron chi connectivity index (χ3n) is 5.42. The van der Waals surface area contributed by atoms with E-state index in [2.05, 4.69) is 32.7 Å². The Balaban J connectivity index is 1.53. The summed E-state index contributed by atoms with van der Waals surface area (Å²) >= 11 is 0. The van der Waals surface area contributed by atoms with Crippen LogP contribution in [0.2, 0.25) is 0 Å². The molecule has 2 heterocycles. The van der Waals surface area contributed by atoms with Crippen molar-refractivity contribution in [1.82, 2.24) is 9.78 Å². The Labute approximate surface area is 183 Å². The lowest BCUT2D eigenvalue weighted by molar-refractivity contribution is 0.586. The van der Waals surface area contributed by atoms with Gasteiger partial charge in [0.1, 0.15) is 5.82 Å². The molecule has 1 aliphatic heterocycles. The number of nitrogens with one attached hydrogen (secondary N) is 1. The molecular weight excluding hydrogens is 410 g/mol. The maximum absolute atomic E-state index is 12.8. The number of hydrogen-bond donors (Lipinski definition) is 1. The van der Waals surface area contributed by atoms with E-state index < -0.39 is 15.1 Å². The number of benzene rings is 2. The van der Waals surface area contributed by atoms with Crippen molar-refractivity contribution in [2.24, 2.45) is 5.10 Å². The van der Waals surface area contributed by atoms with Gasteiger partial charge in [0.05, 0.1) is 28.2 Å². The van der Waals surface area contributed by atoms with Crippen LogP contribution in [0.4, 0.5) is 11.5 Å². The first-order valence-electron chi connectivity index (χ1n) is 10.5. The Kier molecular flexibility index (Phi) is 6.08. The zero-order valence-electron chi connectivity index (χ0n) is 17.8. The molecule has 0 bridgehead atoms. The van der Waals surface area contributed by atoms with Crippen molar-refractivity contribution in [2.45, 2.75) is 36.8 Å². The van der Waals surface area contributed by atoms with Gasteiger partial charge >= 0.3 is 0 Å². The Bertz CT molecular complexity index is 1160. The van der Waals surface area contributed by atoms with E-state index in [9.17, 15) is 8.42 Å². The minimum Gasteiger partial charge on any atom is -0.372 e. The van der Waals surface area contributed by atoms with E-state index >= 15 is 0 Å². The second-order valence-corrected chi connectivity index (χ2v) is 10.3. The zero-order valence-corrected chi connectivity index (χ0v) is 18.6. The van der Waals surface area contributed by atoms with Crippen LogP contribution in [-0.4, -0.2) is 42.8 Å². The molecule has 0 unspecified atom stereocenters. The Morgan fingerprint density at radius 3 is 2.45 bits per heavy atom. The summed E-state index contributed by atoms with van der Waals surface area (Å²) in [5.41, 5.74) is 5.69. The van der Waals surface area contributed by atoms with Crippen LogP contribution in [0, 0.1) is 0 Å². The second-order valence-electron chi connectivity index (χ2n) is 7.85. The van der Waals surface area contributed by atoms with Gasteiger partial charge in [-0.05, 0) is 56.5 Å². The second kappa shape index (κ2) is 8.93. The molecule has 0 aliphatic carbocycles. The van der Waals surface area contributed by atoms with Gasteiger partial charge in [-0.25, -0.2) is 13.1 Å². The number of para-hydroxylation sites is 1. The number of anilines is 2. The van der Waals surface area contributed by atoms with Crippen molar-refractivity contribution in [2.75, 3.05) is 23.4 Å². The smallest absolute Gasteiger partial charge is 0.182 e. The SMILES string of the molecule is CC(C)S(=O)(=O)c1ccccc1-n1nccc1NN=Cc1ccc(N2CCCC2)cc1. The van der Waals surface area contributed by atoms with Crippen LogP contribution < -0.4 is 10.3 Å². The molecule has 1 N–H and O–H groups in total. The summed E-state index contributed by atoms with van der Waals surface area (Å²) in [4.78, 5) is 2.64. The number of sulfone groups is 1. The van der Waals surface area contributed by atoms with Crippen LogP contribution in [0.25, 0.3) is 5.69 Å². The monoisotopic (exact) mass is 437 g/mol. The molecule has 0 amide bonds. The molecule has 2 aromatic carbocycles. The number of nitrogens with zero attached hydrogens (tertiary/aromatic N) is 4. The van der Waals surface area contributed by atoms with Gasteiger partial charge in [0.2, 0.25) is 0 Å². The predicted molar refractivity (Wildman–Crippen MR) is 125 cm³/mol. The number of hydrogen-bond acceptors (Lipinski definition) is 6. The lowest BCUT2D eigenvalue weighted by atomic mass is 10.2. The summed E-state index contributed by atoms with van der Waals surface area (Å²) in [5.74, 6) is 0.580. The summed E-state index contributed by atoms with van der Waals surface area (Å²) in [5, 5.41) is 8.11. The van der Waals surface area contributed by atoms with Crippen molar-refractivity contribution < 1.29 is 8.42 Å². The fourth-order valence-corrected chi connectivity index (χ4v) is 4.85. The first kappa shape index (κ1) is 21.1. The standard InChI is InChI=1S/C23H27N5O2S/c1-18(2)31(29,30)22-8-4-3-7-21(22)28-23(13-14-25-28)26-24-17-19-9-11-20(12-10-19)27-15-5-6-16-27/h3-4,7-14,17-18,26H,5-6,15-16H2,1-2H3. The Morgan fingerprint density at radius 1 is 1.03 bits per heavy atom. The molecule has 0 radical (unpaired) electrons. The Morgan fingerprint density at radius 2 is 1.74 bits per heavy atom. The molecule has 7 nitrogen and oxygen atoms in total. The molecule has 0 saturated carbocycles. The molecular formula is C23H27N5O2S. The average molecular weight is 438 g/mol. The lowest BCUT2D eigenvalue weighted by Crippen LogP contribution is -2.17. The fourth-order valence-electron chi connectivity index (χ4n) is 3.63. The molecule has 3 aromatic rings. The molecule has 1 aliphatic rings. The van der Waals surface area contributed by atoms with Crippen LogP contribution in [0.5, 0.6) is 0 Å². The van der Waals surface area contributed by atoms with Crippen molar-refractivity contribution in [3.63, 3.8) is 0 Å². The van der Waals surface area contributed by atoms with Gasteiger partial charge in [-0.1, -0.05) is 24.3 Å². The minimum atomic E-state index is -3.46. The highest BCUT2D eigenvalue weighted by Gasteiger charge is 2.24. The van der Waals surface area contributed by atoms with Crippen molar-refractivity contribution in [3.05, 3.63) is 66.4 Å². The van der Waals surface area contributed by atoms with Crippen LogP contribution in [0.15, 0.2) is 70.8 Å². The number of rotatable bonds is 7. The van der Waals surface area contributed by atoms with Gasteiger partial charge in [0, 0.05) is 24.8 Å². The first-order valence-corrected chi connectivity index (χ1v) is 12.0. The maximum atomic E-state index is 12.8. The van der Waals surface area contributed by atoms with Gasteiger partial charge in [-0.3, -0.25) is 5.43 Å². The number of aromatic nitrogens is 2. The molecule has 4 rings (SSSR count). The molecule has 1 saturated heterocycles. The molecule has 1 aromatic heterocycles. The van der Waals surface area contributed by atoms with E-state index in [4.69, 9.17) is 0 Å². The van der Waals surface area contributed by atoms with E-state index in [1.807, 2.05) is 12.1 Å². The normalized spacial score (nSPS) is 14.6. The highest BCUT2D eigenvalue weighted by atomic mass is 32.2. The minimum absolute atomic E-state index is 0.248. The zero-order chi connectivity index (χ0) is 21.8. The van der Waals surface area contributed by atoms with Crippen molar-refractivity contribution >= 4 is 27.6 Å². The first-order chi connectivity index (χ1) is 15.0. The molecule has 8 heteroatoms. The summed E-state index contributed by atoms with van der Waals surface area (Å²) < 4.78 is 27.1. The number of hydrazone groups is 1. The van der Waals surface area contributed by atoms with Crippen LogP contribution >= 0.6 is 0 Å². The predicted octanol–water partition coefficient (Wildman–Crippen LogP) is 4.10. The molecule has 31 heavy (non-hydrogen) atoms. The van der Waals surface area contributed by atoms with Crippen LogP contribution in [0.1, 0.15) is 32.3 Å². The molecule has 1 fully saturated rings. The highest BCUT2D eigenvalue weighted by Crippen LogP contribution is 2.26. The average Bonchev–Trinajstić information content (AvgIpc) is 3.46. The summed E-state index contributed by atoms with van der Waals surface area (Å²) in [6.45, 7) is 5.58. The largest absolute Gasteiger partial charge is 0.372 e. The summed E-state index contributed by atoms with van der Waals surface area (Å²) in [6.07, 6.45) is 5.86. The Hall–Kier alpha value is -3.13. The third kappa shape index (κ3) is 4.49. The maximum Gasteiger partial charge on any atom is 0.182 e. The van der Waals surface area contributed by atoms with E-state index in [1.54, 1.807) is 61.3 Å².